The Morgan fingerprint density at radius 3 is 2.50 bits per heavy atom. The quantitative estimate of drug-likeness (QED) is 0.833. The van der Waals surface area contributed by atoms with Gasteiger partial charge in [-0.3, -0.25) is 9.59 Å². The Kier molecular flexibility index (Phi) is 5.23. The van der Waals surface area contributed by atoms with Crippen LogP contribution in [0.4, 0.5) is 11.4 Å². The van der Waals surface area contributed by atoms with Crippen molar-refractivity contribution in [2.24, 2.45) is 0 Å². The summed E-state index contributed by atoms with van der Waals surface area (Å²) in [6.07, 6.45) is 1.40. The van der Waals surface area contributed by atoms with E-state index in [1.807, 2.05) is 0 Å². The van der Waals surface area contributed by atoms with Crippen LogP contribution >= 0.6 is 11.6 Å². The lowest BCUT2D eigenvalue weighted by atomic mass is 10.1. The van der Waals surface area contributed by atoms with Crippen LogP contribution in [0.1, 0.15) is 33.6 Å². The van der Waals surface area contributed by atoms with Crippen LogP contribution in [-0.4, -0.2) is 31.4 Å². The van der Waals surface area contributed by atoms with Gasteiger partial charge in [-0.05, 0) is 48.9 Å². The lowest BCUT2D eigenvalue weighted by Crippen LogP contribution is -2.23. The van der Waals surface area contributed by atoms with Gasteiger partial charge >= 0.3 is 5.97 Å². The predicted molar refractivity (Wildman–Crippen MR) is 98.8 cm³/mol. The second-order valence-corrected chi connectivity index (χ2v) is 6.24. The molecule has 134 valence electrons. The smallest absolute Gasteiger partial charge is 0.339 e. The fourth-order valence-corrected chi connectivity index (χ4v) is 2.98. The highest BCUT2D eigenvalue weighted by atomic mass is 35.5. The second-order valence-electron chi connectivity index (χ2n) is 5.84. The van der Waals surface area contributed by atoms with Gasteiger partial charge < -0.3 is 15.0 Å². The van der Waals surface area contributed by atoms with Crippen LogP contribution < -0.4 is 10.2 Å². The lowest BCUT2D eigenvalue weighted by Gasteiger charge is -2.16. The minimum absolute atomic E-state index is 0.0960. The van der Waals surface area contributed by atoms with Crippen molar-refractivity contribution >= 4 is 40.8 Å². The van der Waals surface area contributed by atoms with Crippen molar-refractivity contribution in [3.05, 3.63) is 58.6 Å². The normalized spacial score (nSPS) is 13.6. The van der Waals surface area contributed by atoms with E-state index in [-0.39, 0.29) is 22.4 Å². The molecule has 2 aromatic carbocycles. The SMILES string of the molecule is COC(=O)c1cc(NC(=O)c2ccc(N3CCCC3=O)cc2)ccc1Cl. The number of ether oxygens (including phenoxy) is 1. The average Bonchev–Trinajstić information content (AvgIpc) is 3.08. The molecule has 0 unspecified atom stereocenters. The highest BCUT2D eigenvalue weighted by Gasteiger charge is 2.21. The molecule has 0 spiro atoms. The number of methoxy groups -OCH3 is 1. The molecule has 26 heavy (non-hydrogen) atoms. The van der Waals surface area contributed by atoms with E-state index in [1.165, 1.54) is 19.2 Å². The van der Waals surface area contributed by atoms with Crippen molar-refractivity contribution in [3.63, 3.8) is 0 Å². The number of amides is 2. The minimum Gasteiger partial charge on any atom is -0.465 e. The van der Waals surface area contributed by atoms with Crippen molar-refractivity contribution in [1.29, 1.82) is 0 Å². The van der Waals surface area contributed by atoms with Crippen LogP contribution in [0.15, 0.2) is 42.5 Å². The Bertz CT molecular complexity index is 864. The van der Waals surface area contributed by atoms with Crippen molar-refractivity contribution < 1.29 is 19.1 Å². The molecule has 1 heterocycles. The molecular formula is C19H17ClN2O4. The van der Waals surface area contributed by atoms with Gasteiger partial charge in [-0.2, -0.15) is 0 Å². The third kappa shape index (κ3) is 3.70. The van der Waals surface area contributed by atoms with E-state index in [4.69, 9.17) is 11.6 Å². The molecule has 3 rings (SSSR count). The fourth-order valence-electron chi connectivity index (χ4n) is 2.79. The van der Waals surface area contributed by atoms with Gasteiger partial charge in [-0.1, -0.05) is 11.6 Å². The first kappa shape index (κ1) is 17.9. The molecule has 7 heteroatoms. The van der Waals surface area contributed by atoms with Crippen LogP contribution in [0.25, 0.3) is 0 Å². The van der Waals surface area contributed by atoms with Gasteiger partial charge in [0.05, 0.1) is 17.7 Å². The van der Waals surface area contributed by atoms with Crippen LogP contribution in [0.2, 0.25) is 5.02 Å². The van der Waals surface area contributed by atoms with Crippen LogP contribution in [0.5, 0.6) is 0 Å². The molecule has 1 aliphatic rings. The molecule has 2 aromatic rings. The van der Waals surface area contributed by atoms with Crippen LogP contribution in [-0.2, 0) is 9.53 Å². The summed E-state index contributed by atoms with van der Waals surface area (Å²) in [7, 11) is 1.26. The first-order chi connectivity index (χ1) is 12.5. The fraction of sp³-hybridized carbons (Fsp3) is 0.211. The molecule has 1 fully saturated rings. The maximum Gasteiger partial charge on any atom is 0.339 e. The van der Waals surface area contributed by atoms with Crippen molar-refractivity contribution in [2.45, 2.75) is 12.8 Å². The molecule has 1 saturated heterocycles. The van der Waals surface area contributed by atoms with Crippen molar-refractivity contribution in [2.75, 3.05) is 23.9 Å². The number of rotatable bonds is 4. The molecule has 1 aliphatic heterocycles. The van der Waals surface area contributed by atoms with E-state index in [2.05, 4.69) is 10.1 Å². The molecular weight excluding hydrogens is 356 g/mol. The second kappa shape index (κ2) is 7.58. The number of esters is 1. The number of carbonyl (C=O) groups excluding carboxylic acids is 3. The highest BCUT2D eigenvalue weighted by molar-refractivity contribution is 6.33. The zero-order valence-electron chi connectivity index (χ0n) is 14.1. The summed E-state index contributed by atoms with van der Waals surface area (Å²) in [4.78, 5) is 37.6. The Balaban J connectivity index is 1.74. The zero-order valence-corrected chi connectivity index (χ0v) is 14.9. The first-order valence-corrected chi connectivity index (χ1v) is 8.47. The van der Waals surface area contributed by atoms with Gasteiger partial charge in [0.15, 0.2) is 0 Å². The Morgan fingerprint density at radius 1 is 1.15 bits per heavy atom. The number of halogens is 1. The third-order valence-electron chi connectivity index (χ3n) is 4.14. The number of anilines is 2. The number of nitrogens with zero attached hydrogens (tertiary/aromatic N) is 1. The summed E-state index contributed by atoms with van der Waals surface area (Å²) in [5.74, 6) is -0.813. The lowest BCUT2D eigenvalue weighted by molar-refractivity contribution is -0.117. The van der Waals surface area contributed by atoms with Crippen molar-refractivity contribution in [3.8, 4) is 0 Å². The summed E-state index contributed by atoms with van der Waals surface area (Å²) in [5.41, 5.74) is 1.83. The first-order valence-electron chi connectivity index (χ1n) is 8.09. The van der Waals surface area contributed by atoms with Crippen LogP contribution in [0.3, 0.4) is 0 Å². The van der Waals surface area contributed by atoms with E-state index < -0.39 is 5.97 Å². The summed E-state index contributed by atoms with van der Waals surface area (Å²) in [6.45, 7) is 0.700. The van der Waals surface area contributed by atoms with E-state index in [1.54, 1.807) is 35.2 Å². The molecule has 0 aromatic heterocycles. The number of hydrogen-bond donors (Lipinski definition) is 1. The molecule has 0 bridgehead atoms. The maximum absolute atomic E-state index is 12.4. The maximum atomic E-state index is 12.4. The molecule has 0 radical (unpaired) electrons. The van der Waals surface area contributed by atoms with Gasteiger partial charge in [-0.15, -0.1) is 0 Å². The number of nitrogens with one attached hydrogen (secondary N) is 1. The van der Waals surface area contributed by atoms with Gasteiger partial charge in [0, 0.05) is 29.9 Å². The molecule has 0 atom stereocenters. The molecule has 0 saturated carbocycles. The van der Waals surface area contributed by atoms with E-state index in [9.17, 15) is 14.4 Å². The average molecular weight is 373 g/mol. The van der Waals surface area contributed by atoms with Gasteiger partial charge in [0.1, 0.15) is 0 Å². The number of benzene rings is 2. The zero-order chi connectivity index (χ0) is 18.7. The monoisotopic (exact) mass is 372 g/mol. The molecule has 6 nitrogen and oxygen atoms in total. The summed E-state index contributed by atoms with van der Waals surface area (Å²) in [6, 6.07) is 11.4. The standard InChI is InChI=1S/C19H17ClN2O4/c1-26-19(25)15-11-13(6-9-16(15)20)21-18(24)12-4-7-14(8-5-12)22-10-2-3-17(22)23/h4-9,11H,2-3,10H2,1H3,(H,21,24). The van der Waals surface area contributed by atoms with Crippen molar-refractivity contribution in [1.82, 2.24) is 0 Å². The Labute approximate surface area is 155 Å². The van der Waals surface area contributed by atoms with E-state index in [0.717, 1.165) is 12.1 Å². The minimum atomic E-state index is -0.578. The molecule has 2 amide bonds. The predicted octanol–water partition coefficient (Wildman–Crippen LogP) is 3.51. The van der Waals surface area contributed by atoms with E-state index in [0.29, 0.717) is 24.2 Å². The molecule has 1 N–H and O–H groups in total. The summed E-state index contributed by atoms with van der Waals surface area (Å²) >= 11 is 5.97. The van der Waals surface area contributed by atoms with Crippen LogP contribution in [0, 0.1) is 0 Å². The number of hydrogen-bond acceptors (Lipinski definition) is 4. The highest BCUT2D eigenvalue weighted by Crippen LogP contribution is 2.24. The third-order valence-corrected chi connectivity index (χ3v) is 4.47. The van der Waals surface area contributed by atoms with E-state index >= 15 is 0 Å². The van der Waals surface area contributed by atoms with Gasteiger partial charge in [-0.25, -0.2) is 4.79 Å². The summed E-state index contributed by atoms with van der Waals surface area (Å²) < 4.78 is 4.66. The number of carbonyl (C=O) groups is 3. The largest absolute Gasteiger partial charge is 0.465 e. The molecule has 0 aliphatic carbocycles. The Hall–Kier alpha value is -2.86. The topological polar surface area (TPSA) is 75.7 Å². The van der Waals surface area contributed by atoms with Gasteiger partial charge in [0.2, 0.25) is 5.91 Å². The van der Waals surface area contributed by atoms with Gasteiger partial charge in [0.25, 0.3) is 5.91 Å². The summed E-state index contributed by atoms with van der Waals surface area (Å²) in [5, 5.41) is 2.96. The Morgan fingerprint density at radius 2 is 1.88 bits per heavy atom.